The van der Waals surface area contributed by atoms with Gasteiger partial charge in [0.1, 0.15) is 0 Å². The van der Waals surface area contributed by atoms with E-state index in [1.807, 2.05) is 32.0 Å². The molecule has 1 heterocycles. The number of amides is 1. The maximum absolute atomic E-state index is 12.8. The molecule has 3 atom stereocenters. The molecule has 1 amide bonds. The highest BCUT2D eigenvalue weighted by Crippen LogP contribution is 2.49. The second kappa shape index (κ2) is 4.19. The van der Waals surface area contributed by atoms with E-state index in [9.17, 15) is 9.59 Å². The van der Waals surface area contributed by atoms with E-state index in [1.165, 1.54) is 19.3 Å². The lowest BCUT2D eigenvalue weighted by Gasteiger charge is -2.21. The number of anilines is 1. The van der Waals surface area contributed by atoms with Gasteiger partial charge >= 0.3 is 0 Å². The maximum atomic E-state index is 12.8. The zero-order chi connectivity index (χ0) is 14.8. The number of benzene rings is 1. The van der Waals surface area contributed by atoms with E-state index in [-0.39, 0.29) is 11.8 Å². The molecule has 110 valence electrons. The van der Waals surface area contributed by atoms with Gasteiger partial charge in [-0.25, -0.2) is 0 Å². The molecule has 0 saturated heterocycles. The minimum atomic E-state index is -0.541. The Morgan fingerprint density at radius 2 is 2.05 bits per heavy atom. The number of hydrogen-bond donors (Lipinski definition) is 1. The van der Waals surface area contributed by atoms with Crippen molar-refractivity contribution in [2.45, 2.75) is 44.9 Å². The van der Waals surface area contributed by atoms with Gasteiger partial charge in [-0.1, -0.05) is 6.42 Å². The summed E-state index contributed by atoms with van der Waals surface area (Å²) in [7, 11) is 0. The van der Waals surface area contributed by atoms with Crippen molar-refractivity contribution >= 4 is 17.4 Å². The molecule has 0 spiro atoms. The molecule has 4 rings (SSSR count). The molecular weight excluding hydrogens is 262 g/mol. The Labute approximate surface area is 125 Å². The molecule has 2 bridgehead atoms. The van der Waals surface area contributed by atoms with Crippen LogP contribution in [0.3, 0.4) is 0 Å². The van der Waals surface area contributed by atoms with Crippen molar-refractivity contribution < 1.29 is 9.59 Å². The molecule has 2 fully saturated rings. The SMILES string of the molecule is CC1(C)C(=O)Nc2ccc(C(=O)C3CC4CCC3C4)cc21. The van der Waals surface area contributed by atoms with Crippen LogP contribution in [0.4, 0.5) is 5.69 Å². The molecule has 0 aromatic heterocycles. The van der Waals surface area contributed by atoms with Crippen molar-refractivity contribution in [3.63, 3.8) is 0 Å². The second-order valence-electron chi connectivity index (χ2n) is 7.49. The van der Waals surface area contributed by atoms with E-state index < -0.39 is 5.41 Å². The number of rotatable bonds is 2. The summed E-state index contributed by atoms with van der Waals surface area (Å²) in [4.78, 5) is 24.8. The molecular formula is C18H21NO2. The summed E-state index contributed by atoms with van der Waals surface area (Å²) in [6.45, 7) is 3.83. The van der Waals surface area contributed by atoms with Gasteiger partial charge in [0.15, 0.2) is 5.78 Å². The summed E-state index contributed by atoms with van der Waals surface area (Å²) in [5.74, 6) is 1.90. The fourth-order valence-electron chi connectivity index (χ4n) is 4.50. The standard InChI is InChI=1S/C18H21NO2/c1-18(2)14-9-12(5-6-15(14)19-17(18)21)16(20)13-8-10-3-4-11(13)7-10/h5-6,9-11,13H,3-4,7-8H2,1-2H3,(H,19,21). The largest absolute Gasteiger partial charge is 0.325 e. The van der Waals surface area contributed by atoms with Crippen LogP contribution in [0.5, 0.6) is 0 Å². The number of carbonyl (C=O) groups is 2. The first-order valence-electron chi connectivity index (χ1n) is 7.97. The third kappa shape index (κ3) is 1.79. The molecule has 21 heavy (non-hydrogen) atoms. The van der Waals surface area contributed by atoms with Crippen LogP contribution in [0.25, 0.3) is 0 Å². The number of fused-ring (bicyclic) bond motifs is 3. The predicted octanol–water partition coefficient (Wildman–Crippen LogP) is 3.54. The van der Waals surface area contributed by atoms with Gasteiger partial charge in [0.25, 0.3) is 0 Å². The van der Waals surface area contributed by atoms with Crippen LogP contribution in [-0.2, 0) is 10.2 Å². The van der Waals surface area contributed by atoms with Crippen LogP contribution in [0.15, 0.2) is 18.2 Å². The number of hydrogen-bond acceptors (Lipinski definition) is 2. The van der Waals surface area contributed by atoms with Crippen molar-refractivity contribution in [1.29, 1.82) is 0 Å². The highest BCUT2D eigenvalue weighted by molar-refractivity contribution is 6.07. The normalized spacial score (nSPS) is 32.1. The summed E-state index contributed by atoms with van der Waals surface area (Å²) in [5, 5.41) is 2.90. The first kappa shape index (κ1) is 13.1. The molecule has 1 aromatic carbocycles. The quantitative estimate of drug-likeness (QED) is 0.844. The third-order valence-electron chi connectivity index (χ3n) is 5.87. The van der Waals surface area contributed by atoms with E-state index in [0.717, 1.165) is 29.2 Å². The lowest BCUT2D eigenvalue weighted by molar-refractivity contribution is -0.119. The molecule has 0 radical (unpaired) electrons. The van der Waals surface area contributed by atoms with Gasteiger partial charge in [0, 0.05) is 17.2 Å². The van der Waals surface area contributed by atoms with Gasteiger partial charge < -0.3 is 5.32 Å². The molecule has 3 heteroatoms. The first-order chi connectivity index (χ1) is 9.96. The minimum Gasteiger partial charge on any atom is -0.325 e. The summed E-state index contributed by atoms with van der Waals surface area (Å²) in [6.07, 6.45) is 4.84. The van der Waals surface area contributed by atoms with E-state index in [4.69, 9.17) is 0 Å². The summed E-state index contributed by atoms with van der Waals surface area (Å²) >= 11 is 0. The molecule has 2 saturated carbocycles. The van der Waals surface area contributed by atoms with Gasteiger partial charge in [-0.3, -0.25) is 9.59 Å². The monoisotopic (exact) mass is 283 g/mol. The zero-order valence-electron chi connectivity index (χ0n) is 12.6. The average molecular weight is 283 g/mol. The Bertz CT molecular complexity index is 647. The lowest BCUT2D eigenvalue weighted by Crippen LogP contribution is -2.27. The Morgan fingerprint density at radius 3 is 2.71 bits per heavy atom. The molecule has 2 aliphatic carbocycles. The Kier molecular flexibility index (Phi) is 2.60. The number of ketones is 1. The highest BCUT2D eigenvalue weighted by atomic mass is 16.2. The molecule has 3 aliphatic rings. The predicted molar refractivity (Wildman–Crippen MR) is 81.4 cm³/mol. The van der Waals surface area contributed by atoms with Crippen molar-refractivity contribution in [1.82, 2.24) is 0 Å². The van der Waals surface area contributed by atoms with Crippen molar-refractivity contribution in [3.8, 4) is 0 Å². The topological polar surface area (TPSA) is 46.2 Å². The average Bonchev–Trinajstić information content (AvgIpc) is 3.13. The van der Waals surface area contributed by atoms with Gasteiger partial charge in [0.05, 0.1) is 5.41 Å². The van der Waals surface area contributed by atoms with Crippen LogP contribution in [0, 0.1) is 17.8 Å². The zero-order valence-corrected chi connectivity index (χ0v) is 12.6. The van der Waals surface area contributed by atoms with Gasteiger partial charge in [-0.15, -0.1) is 0 Å². The van der Waals surface area contributed by atoms with Crippen molar-refractivity contribution in [2.24, 2.45) is 17.8 Å². The molecule has 3 nitrogen and oxygen atoms in total. The minimum absolute atomic E-state index is 0.0158. The molecule has 1 aromatic rings. The maximum Gasteiger partial charge on any atom is 0.234 e. The van der Waals surface area contributed by atoms with Crippen molar-refractivity contribution in [2.75, 3.05) is 5.32 Å². The number of nitrogens with one attached hydrogen (secondary N) is 1. The Hall–Kier alpha value is -1.64. The van der Waals surface area contributed by atoms with Gasteiger partial charge in [0.2, 0.25) is 5.91 Å². The van der Waals surface area contributed by atoms with Crippen LogP contribution in [0.1, 0.15) is 55.5 Å². The third-order valence-corrected chi connectivity index (χ3v) is 5.87. The van der Waals surface area contributed by atoms with Crippen molar-refractivity contribution in [3.05, 3.63) is 29.3 Å². The van der Waals surface area contributed by atoms with E-state index in [1.54, 1.807) is 0 Å². The highest BCUT2D eigenvalue weighted by Gasteiger charge is 2.44. The van der Waals surface area contributed by atoms with Crippen LogP contribution in [0.2, 0.25) is 0 Å². The number of carbonyl (C=O) groups excluding carboxylic acids is 2. The van der Waals surface area contributed by atoms with E-state index >= 15 is 0 Å². The fraction of sp³-hybridized carbons (Fsp3) is 0.556. The van der Waals surface area contributed by atoms with Crippen LogP contribution >= 0.6 is 0 Å². The Morgan fingerprint density at radius 1 is 1.24 bits per heavy atom. The Balaban J connectivity index is 1.67. The summed E-state index contributed by atoms with van der Waals surface area (Å²) < 4.78 is 0. The lowest BCUT2D eigenvalue weighted by atomic mass is 9.81. The molecule has 3 unspecified atom stereocenters. The number of Topliss-reactive ketones (excluding diaryl/α,β-unsaturated/α-hetero) is 1. The fourth-order valence-corrected chi connectivity index (χ4v) is 4.50. The van der Waals surface area contributed by atoms with Crippen LogP contribution in [-0.4, -0.2) is 11.7 Å². The van der Waals surface area contributed by atoms with Gasteiger partial charge in [-0.2, -0.15) is 0 Å². The molecule has 1 aliphatic heterocycles. The molecule has 1 N–H and O–H groups in total. The second-order valence-corrected chi connectivity index (χ2v) is 7.49. The first-order valence-corrected chi connectivity index (χ1v) is 7.97. The van der Waals surface area contributed by atoms with E-state index in [2.05, 4.69) is 5.32 Å². The van der Waals surface area contributed by atoms with Gasteiger partial charge in [-0.05, 0) is 68.7 Å². The van der Waals surface area contributed by atoms with Crippen LogP contribution < -0.4 is 5.32 Å². The van der Waals surface area contributed by atoms with E-state index in [0.29, 0.717) is 11.7 Å². The smallest absolute Gasteiger partial charge is 0.234 e. The summed E-state index contributed by atoms with van der Waals surface area (Å²) in [6, 6.07) is 5.72. The summed E-state index contributed by atoms with van der Waals surface area (Å²) in [5.41, 5.74) is 2.06.